The van der Waals surface area contributed by atoms with E-state index in [9.17, 15) is 13.3 Å². The third-order valence-corrected chi connectivity index (χ3v) is 3.99. The quantitative estimate of drug-likeness (QED) is 0.661. The van der Waals surface area contributed by atoms with E-state index < -0.39 is 28.6 Å². The van der Waals surface area contributed by atoms with Crippen LogP contribution in [0.2, 0.25) is 10.0 Å². The van der Waals surface area contributed by atoms with E-state index in [0.29, 0.717) is 0 Å². The van der Waals surface area contributed by atoms with Gasteiger partial charge in [-0.2, -0.15) is 0 Å². The van der Waals surface area contributed by atoms with E-state index in [0.717, 1.165) is 12.1 Å². The maximum atomic E-state index is 13.9. The van der Waals surface area contributed by atoms with E-state index in [1.807, 2.05) is 5.92 Å². The maximum Gasteiger partial charge on any atom is 0.182 e. The summed E-state index contributed by atoms with van der Waals surface area (Å²) in [7, 11) is 0. The highest BCUT2D eigenvalue weighted by molar-refractivity contribution is 7.92. The number of anilines is 1. The summed E-state index contributed by atoms with van der Waals surface area (Å²) >= 11 is 9.77. The minimum absolute atomic E-state index is 0.182. The molecule has 0 heterocycles. The largest absolute Gasteiger partial charge is 0.588 e. The van der Waals surface area contributed by atoms with E-state index >= 15 is 0 Å². The lowest BCUT2D eigenvalue weighted by Gasteiger charge is -2.13. The minimum Gasteiger partial charge on any atom is -0.588 e. The number of halogens is 4. The first-order valence-corrected chi connectivity index (χ1v) is 7.42. The first-order valence-electron chi connectivity index (χ1n) is 5.51. The standard InChI is InChI=1S/C14H7Cl2F2NOS/c1-2-11-12(17)3-4-13(14(11)18)19-21(20)10-6-8(15)5-9(16)7-10/h1,3-7,19H. The average Bonchev–Trinajstić information content (AvgIpc) is 2.41. The number of benzene rings is 2. The molecule has 1 N–H and O–H groups in total. The van der Waals surface area contributed by atoms with E-state index in [1.54, 1.807) is 0 Å². The second kappa shape index (κ2) is 6.54. The van der Waals surface area contributed by atoms with Crippen molar-refractivity contribution in [3.63, 3.8) is 0 Å². The summed E-state index contributed by atoms with van der Waals surface area (Å²) in [6, 6.07) is 6.40. The Morgan fingerprint density at radius 2 is 1.76 bits per heavy atom. The van der Waals surface area contributed by atoms with Gasteiger partial charge < -0.3 is 4.55 Å². The molecule has 1 atom stereocenters. The second-order valence-electron chi connectivity index (χ2n) is 3.90. The van der Waals surface area contributed by atoms with Crippen LogP contribution in [0.15, 0.2) is 35.2 Å². The lowest BCUT2D eigenvalue weighted by Crippen LogP contribution is -2.14. The Kier molecular flexibility index (Phi) is 4.96. The average molecular weight is 346 g/mol. The lowest BCUT2D eigenvalue weighted by molar-refractivity contribution is 0.578. The highest BCUT2D eigenvalue weighted by atomic mass is 35.5. The van der Waals surface area contributed by atoms with Gasteiger partial charge >= 0.3 is 0 Å². The van der Waals surface area contributed by atoms with Crippen LogP contribution in [-0.4, -0.2) is 4.55 Å². The van der Waals surface area contributed by atoms with Crippen molar-refractivity contribution >= 4 is 40.3 Å². The van der Waals surface area contributed by atoms with Gasteiger partial charge in [-0.15, -0.1) is 6.42 Å². The molecule has 2 rings (SSSR count). The van der Waals surface area contributed by atoms with Crippen molar-refractivity contribution in [3.05, 3.63) is 57.6 Å². The van der Waals surface area contributed by atoms with Crippen molar-refractivity contribution in [2.24, 2.45) is 0 Å². The molecule has 0 aliphatic carbocycles. The summed E-state index contributed by atoms with van der Waals surface area (Å²) < 4.78 is 41.7. The van der Waals surface area contributed by atoms with Crippen LogP contribution in [0.25, 0.3) is 0 Å². The molecule has 21 heavy (non-hydrogen) atoms. The van der Waals surface area contributed by atoms with Crippen LogP contribution in [0.4, 0.5) is 14.5 Å². The van der Waals surface area contributed by atoms with Crippen LogP contribution in [0, 0.1) is 24.0 Å². The molecule has 2 nitrogen and oxygen atoms in total. The predicted molar refractivity (Wildman–Crippen MR) is 80.8 cm³/mol. The van der Waals surface area contributed by atoms with Gasteiger partial charge in [0, 0.05) is 22.2 Å². The monoisotopic (exact) mass is 345 g/mol. The first kappa shape index (κ1) is 15.9. The van der Waals surface area contributed by atoms with Gasteiger partial charge in [-0.3, -0.25) is 0 Å². The Morgan fingerprint density at radius 3 is 2.33 bits per heavy atom. The van der Waals surface area contributed by atoms with Crippen molar-refractivity contribution in [2.75, 3.05) is 4.72 Å². The summed E-state index contributed by atoms with van der Waals surface area (Å²) in [6.07, 6.45) is 5.03. The molecular weight excluding hydrogens is 339 g/mol. The molecule has 1 unspecified atom stereocenters. The molecule has 0 bridgehead atoms. The summed E-state index contributed by atoms with van der Waals surface area (Å²) in [6.45, 7) is 0. The van der Waals surface area contributed by atoms with Gasteiger partial charge in [0.1, 0.15) is 22.9 Å². The zero-order valence-electron chi connectivity index (χ0n) is 10.3. The maximum absolute atomic E-state index is 13.9. The van der Waals surface area contributed by atoms with Gasteiger partial charge in [-0.1, -0.05) is 29.1 Å². The molecule has 0 radical (unpaired) electrons. The molecule has 0 aliphatic heterocycles. The fraction of sp³-hybridized carbons (Fsp3) is 0. The second-order valence-corrected chi connectivity index (χ2v) is 5.99. The van der Waals surface area contributed by atoms with Gasteiger partial charge in [0.15, 0.2) is 10.7 Å². The first-order chi connectivity index (χ1) is 9.92. The molecule has 7 heteroatoms. The lowest BCUT2D eigenvalue weighted by atomic mass is 10.2. The Labute approximate surface area is 133 Å². The van der Waals surface area contributed by atoms with E-state index in [2.05, 4.69) is 4.72 Å². The molecule has 0 fully saturated rings. The molecule has 0 saturated heterocycles. The highest BCUT2D eigenvalue weighted by Gasteiger charge is 2.19. The predicted octanol–water partition coefficient (Wildman–Crippen LogP) is 4.39. The van der Waals surface area contributed by atoms with Gasteiger partial charge in [0.05, 0.1) is 5.56 Å². The SMILES string of the molecule is C#Cc1c(F)ccc(N[S+]([O-])c2cc(Cl)cc(Cl)c2)c1F. The molecule has 0 aromatic heterocycles. The van der Waals surface area contributed by atoms with Crippen LogP contribution in [0.5, 0.6) is 0 Å². The smallest absolute Gasteiger partial charge is 0.182 e. The van der Waals surface area contributed by atoms with Crippen molar-refractivity contribution in [1.29, 1.82) is 0 Å². The van der Waals surface area contributed by atoms with E-state index in [4.69, 9.17) is 29.6 Å². The Bertz CT molecular complexity index is 713. The zero-order chi connectivity index (χ0) is 15.6. The molecule has 108 valence electrons. The van der Waals surface area contributed by atoms with Gasteiger partial charge in [-0.25, -0.2) is 13.5 Å². The van der Waals surface area contributed by atoms with Crippen molar-refractivity contribution in [3.8, 4) is 12.3 Å². The van der Waals surface area contributed by atoms with Crippen LogP contribution < -0.4 is 4.72 Å². The topological polar surface area (TPSA) is 35.1 Å². The third-order valence-electron chi connectivity index (χ3n) is 2.49. The number of hydrogen-bond acceptors (Lipinski definition) is 2. The number of rotatable bonds is 3. The molecule has 0 saturated carbocycles. The minimum atomic E-state index is -1.83. The summed E-state index contributed by atoms with van der Waals surface area (Å²) in [5.41, 5.74) is -0.708. The van der Waals surface area contributed by atoms with Gasteiger partial charge in [0.2, 0.25) is 0 Å². The molecule has 0 spiro atoms. The van der Waals surface area contributed by atoms with E-state index in [-0.39, 0.29) is 20.6 Å². The summed E-state index contributed by atoms with van der Waals surface area (Å²) in [4.78, 5) is 0.249. The summed E-state index contributed by atoms with van der Waals surface area (Å²) in [5.74, 6) is 0.0532. The summed E-state index contributed by atoms with van der Waals surface area (Å²) in [5, 5.41) is 0.577. The van der Waals surface area contributed by atoms with E-state index in [1.165, 1.54) is 18.2 Å². The van der Waals surface area contributed by atoms with Crippen molar-refractivity contribution in [1.82, 2.24) is 0 Å². The molecule has 2 aromatic rings. The molecule has 2 aromatic carbocycles. The molecular formula is C14H7Cl2F2NOS. The molecule has 0 aliphatic rings. The Hall–Kier alpha value is -1.45. The third kappa shape index (κ3) is 3.60. The zero-order valence-corrected chi connectivity index (χ0v) is 12.6. The van der Waals surface area contributed by atoms with Gasteiger partial charge in [0.25, 0.3) is 0 Å². The van der Waals surface area contributed by atoms with Crippen LogP contribution in [0.3, 0.4) is 0 Å². The number of nitrogens with one attached hydrogen (secondary N) is 1. The van der Waals surface area contributed by atoms with Crippen LogP contribution in [-0.2, 0) is 11.4 Å². The van der Waals surface area contributed by atoms with Crippen molar-refractivity contribution in [2.45, 2.75) is 4.90 Å². The highest BCUT2D eigenvalue weighted by Crippen LogP contribution is 2.26. The van der Waals surface area contributed by atoms with Crippen LogP contribution >= 0.6 is 23.2 Å². The molecule has 0 amide bonds. The Balaban J connectivity index is 2.32. The number of terminal acetylenes is 1. The van der Waals surface area contributed by atoms with Crippen LogP contribution in [0.1, 0.15) is 5.56 Å². The fourth-order valence-electron chi connectivity index (χ4n) is 1.56. The number of hydrogen-bond donors (Lipinski definition) is 1. The normalized spacial score (nSPS) is 11.8. The van der Waals surface area contributed by atoms with Crippen molar-refractivity contribution < 1.29 is 13.3 Å². The Morgan fingerprint density at radius 1 is 1.14 bits per heavy atom. The van der Waals surface area contributed by atoms with Gasteiger partial charge in [-0.05, 0) is 18.2 Å². The fourth-order valence-corrected chi connectivity index (χ4v) is 3.16.